The lowest BCUT2D eigenvalue weighted by atomic mass is 10.2. The van der Waals surface area contributed by atoms with Crippen LogP contribution in [0.4, 0.5) is 0 Å². The second kappa shape index (κ2) is 8.49. The molecular weight excluding hydrogens is 368 g/mol. The van der Waals surface area contributed by atoms with Crippen LogP contribution in [-0.2, 0) is 14.3 Å². The summed E-state index contributed by atoms with van der Waals surface area (Å²) in [6.45, 7) is 4.53. The van der Waals surface area contributed by atoms with Gasteiger partial charge in [0, 0.05) is 24.0 Å². The molecule has 0 N–H and O–H groups in total. The summed E-state index contributed by atoms with van der Waals surface area (Å²) in [5.74, 6) is -0.0788. The maximum Gasteiger partial charge on any atom is 0.358 e. The van der Waals surface area contributed by atoms with Gasteiger partial charge in [-0.15, -0.1) is 11.3 Å². The van der Waals surface area contributed by atoms with E-state index in [1.165, 1.54) is 11.3 Å². The van der Waals surface area contributed by atoms with Crippen LogP contribution in [0.2, 0.25) is 0 Å². The van der Waals surface area contributed by atoms with Crippen molar-refractivity contribution in [3.63, 3.8) is 0 Å². The van der Waals surface area contributed by atoms with Gasteiger partial charge in [-0.25, -0.2) is 9.78 Å². The van der Waals surface area contributed by atoms with E-state index in [1.807, 2.05) is 38.1 Å². The van der Waals surface area contributed by atoms with E-state index in [4.69, 9.17) is 14.2 Å². The van der Waals surface area contributed by atoms with Gasteiger partial charge in [0.1, 0.15) is 10.8 Å². The van der Waals surface area contributed by atoms with Crippen LogP contribution < -0.4 is 4.74 Å². The zero-order valence-corrected chi connectivity index (χ0v) is 16.3. The summed E-state index contributed by atoms with van der Waals surface area (Å²) in [7, 11) is 1.60. The number of ether oxygens (including phenoxy) is 3. The third-order valence-electron chi connectivity index (χ3n) is 4.15. The molecule has 27 heavy (non-hydrogen) atoms. The number of methoxy groups -OCH3 is 1. The number of benzene rings is 1. The number of hydrogen-bond acceptors (Lipinski definition) is 7. The van der Waals surface area contributed by atoms with Crippen LogP contribution in [0.25, 0.3) is 10.6 Å². The minimum Gasteiger partial charge on any atom is -0.497 e. The Morgan fingerprint density at radius 3 is 2.52 bits per heavy atom. The van der Waals surface area contributed by atoms with Gasteiger partial charge in [0.25, 0.3) is 5.91 Å². The molecule has 1 fully saturated rings. The molecule has 1 aromatic heterocycles. The van der Waals surface area contributed by atoms with Crippen LogP contribution in [0.15, 0.2) is 29.6 Å². The molecule has 1 aliphatic rings. The van der Waals surface area contributed by atoms with Crippen LogP contribution >= 0.6 is 11.3 Å². The Hall–Kier alpha value is -2.45. The number of rotatable bonds is 5. The lowest BCUT2D eigenvalue weighted by Gasteiger charge is -2.35. The Bertz CT molecular complexity index is 795. The molecule has 1 aliphatic heterocycles. The number of carbonyl (C=O) groups is 2. The third kappa shape index (κ3) is 4.84. The Balaban J connectivity index is 1.57. The van der Waals surface area contributed by atoms with Crippen LogP contribution in [0.5, 0.6) is 5.75 Å². The molecule has 1 saturated heterocycles. The van der Waals surface area contributed by atoms with Crippen molar-refractivity contribution in [2.24, 2.45) is 0 Å². The van der Waals surface area contributed by atoms with Gasteiger partial charge >= 0.3 is 5.97 Å². The van der Waals surface area contributed by atoms with Gasteiger partial charge in [0.15, 0.2) is 12.3 Å². The van der Waals surface area contributed by atoms with Gasteiger partial charge in [0.05, 0.1) is 19.3 Å². The van der Waals surface area contributed by atoms with Crippen LogP contribution in [0.3, 0.4) is 0 Å². The summed E-state index contributed by atoms with van der Waals surface area (Å²) in [5, 5.41) is 2.33. The Kier molecular flexibility index (Phi) is 6.08. The average molecular weight is 390 g/mol. The molecule has 0 aliphatic carbocycles. The molecule has 144 valence electrons. The molecule has 1 amide bonds. The monoisotopic (exact) mass is 390 g/mol. The van der Waals surface area contributed by atoms with Crippen molar-refractivity contribution >= 4 is 23.2 Å². The van der Waals surface area contributed by atoms with E-state index in [1.54, 1.807) is 17.4 Å². The average Bonchev–Trinajstić information content (AvgIpc) is 3.15. The molecule has 1 aromatic carbocycles. The van der Waals surface area contributed by atoms with Crippen LogP contribution in [0.1, 0.15) is 24.3 Å². The predicted octanol–water partition coefficient (Wildman–Crippen LogP) is 2.61. The van der Waals surface area contributed by atoms with Gasteiger partial charge in [-0.3, -0.25) is 4.79 Å². The third-order valence-corrected chi connectivity index (χ3v) is 5.04. The van der Waals surface area contributed by atoms with Crippen molar-refractivity contribution in [1.29, 1.82) is 0 Å². The quantitative estimate of drug-likeness (QED) is 0.731. The highest BCUT2D eigenvalue weighted by Gasteiger charge is 2.26. The van der Waals surface area contributed by atoms with Gasteiger partial charge in [-0.05, 0) is 38.1 Å². The normalized spacial score (nSPS) is 19.6. The molecule has 0 radical (unpaired) electrons. The molecule has 7 nitrogen and oxygen atoms in total. The van der Waals surface area contributed by atoms with E-state index in [9.17, 15) is 9.59 Å². The zero-order valence-electron chi connectivity index (χ0n) is 15.5. The predicted molar refractivity (Wildman–Crippen MR) is 101 cm³/mol. The molecular formula is C19H22N2O5S. The topological polar surface area (TPSA) is 78.0 Å². The van der Waals surface area contributed by atoms with E-state index < -0.39 is 5.97 Å². The number of morpholine rings is 1. The molecule has 2 heterocycles. The molecule has 0 unspecified atom stereocenters. The van der Waals surface area contributed by atoms with E-state index >= 15 is 0 Å². The first kappa shape index (κ1) is 19.3. The Labute approximate surface area is 161 Å². The number of amides is 1. The molecule has 0 spiro atoms. The smallest absolute Gasteiger partial charge is 0.358 e. The first-order valence-corrected chi connectivity index (χ1v) is 9.54. The van der Waals surface area contributed by atoms with Crippen molar-refractivity contribution in [3.8, 4) is 16.3 Å². The van der Waals surface area contributed by atoms with Crippen molar-refractivity contribution in [2.75, 3.05) is 26.8 Å². The lowest BCUT2D eigenvalue weighted by molar-refractivity contribution is -0.146. The molecule has 3 rings (SSSR count). The van der Waals surface area contributed by atoms with E-state index in [-0.39, 0.29) is 30.4 Å². The summed E-state index contributed by atoms with van der Waals surface area (Å²) in [4.78, 5) is 30.5. The van der Waals surface area contributed by atoms with Gasteiger partial charge in [-0.2, -0.15) is 0 Å². The molecule has 8 heteroatoms. The fourth-order valence-corrected chi connectivity index (χ4v) is 3.70. The summed E-state index contributed by atoms with van der Waals surface area (Å²) < 4.78 is 15.9. The second-order valence-corrected chi connectivity index (χ2v) is 7.26. The zero-order chi connectivity index (χ0) is 19.4. The van der Waals surface area contributed by atoms with Crippen molar-refractivity contribution in [3.05, 3.63) is 35.3 Å². The minimum absolute atomic E-state index is 0.0287. The SMILES string of the molecule is COc1ccc(-c2nc(C(=O)OCC(=O)N3C[C@@H](C)O[C@H](C)C3)cs2)cc1. The molecule has 2 aromatic rings. The highest BCUT2D eigenvalue weighted by molar-refractivity contribution is 7.13. The van der Waals surface area contributed by atoms with Crippen LogP contribution in [-0.4, -0.2) is 60.8 Å². The maximum atomic E-state index is 12.3. The number of thiazole rings is 1. The van der Waals surface area contributed by atoms with Gasteiger partial charge < -0.3 is 19.1 Å². The van der Waals surface area contributed by atoms with Crippen molar-refractivity contribution < 1.29 is 23.8 Å². The molecule has 0 bridgehead atoms. The Morgan fingerprint density at radius 2 is 1.89 bits per heavy atom. The minimum atomic E-state index is -0.603. The summed E-state index contributed by atoms with van der Waals surface area (Å²) in [6, 6.07) is 7.41. The number of nitrogens with zero attached hydrogens (tertiary/aromatic N) is 2. The highest BCUT2D eigenvalue weighted by atomic mass is 32.1. The summed E-state index contributed by atoms with van der Waals surface area (Å²) >= 11 is 1.34. The highest BCUT2D eigenvalue weighted by Crippen LogP contribution is 2.26. The number of carbonyl (C=O) groups excluding carboxylic acids is 2. The fourth-order valence-electron chi connectivity index (χ4n) is 2.91. The summed E-state index contributed by atoms with van der Waals surface area (Å²) in [5.41, 5.74) is 1.08. The first-order valence-electron chi connectivity index (χ1n) is 8.66. The first-order chi connectivity index (χ1) is 13.0. The van der Waals surface area contributed by atoms with E-state index in [0.717, 1.165) is 11.3 Å². The van der Waals surface area contributed by atoms with E-state index in [2.05, 4.69) is 4.98 Å². The van der Waals surface area contributed by atoms with Gasteiger partial charge in [-0.1, -0.05) is 0 Å². The standard InChI is InChI=1S/C19H22N2O5S/c1-12-8-21(9-13(2)26-12)17(22)10-25-19(23)16-11-27-18(20-16)14-4-6-15(24-3)7-5-14/h4-7,11-13H,8-10H2,1-3H3/t12-,13-/m1/s1. The Morgan fingerprint density at radius 1 is 1.22 bits per heavy atom. The second-order valence-electron chi connectivity index (χ2n) is 6.40. The fraction of sp³-hybridized carbons (Fsp3) is 0.421. The van der Waals surface area contributed by atoms with Crippen molar-refractivity contribution in [1.82, 2.24) is 9.88 Å². The van der Waals surface area contributed by atoms with Gasteiger partial charge in [0.2, 0.25) is 0 Å². The number of esters is 1. The molecule has 2 atom stereocenters. The van der Waals surface area contributed by atoms with Crippen LogP contribution in [0, 0.1) is 0 Å². The molecule has 0 saturated carbocycles. The summed E-state index contributed by atoms with van der Waals surface area (Å²) in [6.07, 6.45) is -0.0574. The lowest BCUT2D eigenvalue weighted by Crippen LogP contribution is -2.49. The van der Waals surface area contributed by atoms with Crippen molar-refractivity contribution in [2.45, 2.75) is 26.1 Å². The van der Waals surface area contributed by atoms with E-state index in [0.29, 0.717) is 18.1 Å². The maximum absolute atomic E-state index is 12.3. The number of aromatic nitrogens is 1. The number of hydrogen-bond donors (Lipinski definition) is 0. The largest absolute Gasteiger partial charge is 0.497 e.